The summed E-state index contributed by atoms with van der Waals surface area (Å²) >= 11 is 0. The highest BCUT2D eigenvalue weighted by atomic mass is 16.5. The Hall–Kier alpha value is -0.0800. The van der Waals surface area contributed by atoms with Crippen molar-refractivity contribution in [2.75, 3.05) is 19.7 Å². The SMILES string of the molecule is CC(C)CCNCCOC(C)(C)C. The Bertz CT molecular complexity index is 116. The van der Waals surface area contributed by atoms with E-state index >= 15 is 0 Å². The van der Waals surface area contributed by atoms with Gasteiger partial charge in [-0.15, -0.1) is 0 Å². The van der Waals surface area contributed by atoms with E-state index < -0.39 is 0 Å². The van der Waals surface area contributed by atoms with Crippen LogP contribution in [0.15, 0.2) is 0 Å². The molecule has 0 aromatic carbocycles. The lowest BCUT2D eigenvalue weighted by Crippen LogP contribution is -2.27. The first-order valence-corrected chi connectivity index (χ1v) is 5.26. The van der Waals surface area contributed by atoms with Gasteiger partial charge in [0.05, 0.1) is 12.2 Å². The summed E-state index contributed by atoms with van der Waals surface area (Å²) in [7, 11) is 0. The van der Waals surface area contributed by atoms with Crippen molar-refractivity contribution in [1.29, 1.82) is 0 Å². The van der Waals surface area contributed by atoms with E-state index in [1.165, 1.54) is 6.42 Å². The van der Waals surface area contributed by atoms with Crippen molar-refractivity contribution in [3.63, 3.8) is 0 Å². The molecule has 80 valence electrons. The molecular formula is C11H25NO. The minimum Gasteiger partial charge on any atom is -0.375 e. The quantitative estimate of drug-likeness (QED) is 0.645. The van der Waals surface area contributed by atoms with Gasteiger partial charge in [-0.3, -0.25) is 0 Å². The third kappa shape index (κ3) is 11.9. The van der Waals surface area contributed by atoms with E-state index in [1.54, 1.807) is 0 Å². The topological polar surface area (TPSA) is 21.3 Å². The van der Waals surface area contributed by atoms with Gasteiger partial charge in [0.15, 0.2) is 0 Å². The molecule has 0 saturated heterocycles. The molecule has 0 aliphatic carbocycles. The number of nitrogens with one attached hydrogen (secondary N) is 1. The molecular weight excluding hydrogens is 162 g/mol. The second-order valence-electron chi connectivity index (χ2n) is 4.89. The maximum absolute atomic E-state index is 5.57. The molecule has 0 aromatic rings. The Morgan fingerprint density at radius 3 is 2.23 bits per heavy atom. The highest BCUT2D eigenvalue weighted by Gasteiger charge is 2.08. The van der Waals surface area contributed by atoms with Crippen LogP contribution < -0.4 is 5.32 Å². The Balaban J connectivity index is 3.09. The molecule has 2 nitrogen and oxygen atoms in total. The van der Waals surface area contributed by atoms with E-state index in [-0.39, 0.29) is 5.60 Å². The van der Waals surface area contributed by atoms with Gasteiger partial charge >= 0.3 is 0 Å². The smallest absolute Gasteiger partial charge is 0.0599 e. The van der Waals surface area contributed by atoms with Gasteiger partial charge in [-0.25, -0.2) is 0 Å². The van der Waals surface area contributed by atoms with Crippen molar-refractivity contribution in [1.82, 2.24) is 5.32 Å². The highest BCUT2D eigenvalue weighted by molar-refractivity contribution is 4.59. The number of rotatable bonds is 6. The van der Waals surface area contributed by atoms with Gasteiger partial charge in [0.25, 0.3) is 0 Å². The Morgan fingerprint density at radius 1 is 1.15 bits per heavy atom. The average molecular weight is 187 g/mol. The van der Waals surface area contributed by atoms with Crippen molar-refractivity contribution < 1.29 is 4.74 Å². The second kappa shape index (κ2) is 6.39. The number of ether oxygens (including phenoxy) is 1. The summed E-state index contributed by atoms with van der Waals surface area (Å²) in [4.78, 5) is 0. The second-order valence-corrected chi connectivity index (χ2v) is 4.89. The minimum atomic E-state index is -0.000270. The summed E-state index contributed by atoms with van der Waals surface area (Å²) in [5, 5.41) is 3.36. The molecule has 0 aliphatic heterocycles. The van der Waals surface area contributed by atoms with Crippen molar-refractivity contribution >= 4 is 0 Å². The van der Waals surface area contributed by atoms with E-state index in [9.17, 15) is 0 Å². The fraction of sp³-hybridized carbons (Fsp3) is 1.00. The molecule has 0 atom stereocenters. The van der Waals surface area contributed by atoms with Crippen LogP contribution in [0.1, 0.15) is 41.0 Å². The van der Waals surface area contributed by atoms with Crippen LogP contribution in [0, 0.1) is 5.92 Å². The Labute approximate surface area is 83.1 Å². The van der Waals surface area contributed by atoms with Crippen LogP contribution in [0.3, 0.4) is 0 Å². The summed E-state index contributed by atoms with van der Waals surface area (Å²) in [6.07, 6.45) is 1.25. The molecule has 0 heterocycles. The molecule has 0 aromatic heterocycles. The minimum absolute atomic E-state index is 0.000270. The van der Waals surface area contributed by atoms with E-state index in [2.05, 4.69) is 39.9 Å². The van der Waals surface area contributed by atoms with Crippen LogP contribution in [0.5, 0.6) is 0 Å². The van der Waals surface area contributed by atoms with Gasteiger partial charge in [-0.2, -0.15) is 0 Å². The summed E-state index contributed by atoms with van der Waals surface area (Å²) < 4.78 is 5.57. The van der Waals surface area contributed by atoms with Crippen molar-refractivity contribution in [3.8, 4) is 0 Å². The van der Waals surface area contributed by atoms with Gasteiger partial charge in [-0.1, -0.05) is 13.8 Å². The third-order valence-electron chi connectivity index (χ3n) is 1.71. The predicted molar refractivity (Wildman–Crippen MR) is 58.0 cm³/mol. The molecule has 2 heteroatoms. The first-order chi connectivity index (χ1) is 5.92. The fourth-order valence-electron chi connectivity index (χ4n) is 0.945. The lowest BCUT2D eigenvalue weighted by Gasteiger charge is -2.19. The monoisotopic (exact) mass is 187 g/mol. The summed E-state index contributed by atoms with van der Waals surface area (Å²) in [6, 6.07) is 0. The molecule has 0 amide bonds. The molecule has 0 spiro atoms. The lowest BCUT2D eigenvalue weighted by molar-refractivity contribution is -0.000805. The zero-order valence-corrected chi connectivity index (χ0v) is 9.81. The van der Waals surface area contributed by atoms with Gasteiger partial charge in [-0.05, 0) is 39.7 Å². The summed E-state index contributed by atoms with van der Waals surface area (Å²) in [5.74, 6) is 0.788. The van der Waals surface area contributed by atoms with Gasteiger partial charge < -0.3 is 10.1 Å². The number of hydrogen-bond donors (Lipinski definition) is 1. The van der Waals surface area contributed by atoms with Crippen LogP contribution in [-0.4, -0.2) is 25.3 Å². The number of hydrogen-bond acceptors (Lipinski definition) is 2. The molecule has 0 saturated carbocycles. The molecule has 0 rings (SSSR count). The molecule has 0 unspecified atom stereocenters. The van der Waals surface area contributed by atoms with Crippen molar-refractivity contribution in [3.05, 3.63) is 0 Å². The standard InChI is InChI=1S/C11H25NO/c1-10(2)6-7-12-8-9-13-11(3,4)5/h10,12H,6-9H2,1-5H3. The van der Waals surface area contributed by atoms with Gasteiger partial charge in [0.1, 0.15) is 0 Å². The van der Waals surface area contributed by atoms with Crippen LogP contribution in [0.2, 0.25) is 0 Å². The van der Waals surface area contributed by atoms with E-state index in [0.717, 1.165) is 25.6 Å². The highest BCUT2D eigenvalue weighted by Crippen LogP contribution is 2.05. The first-order valence-electron chi connectivity index (χ1n) is 5.26. The Kier molecular flexibility index (Phi) is 6.35. The molecule has 0 radical (unpaired) electrons. The summed E-state index contributed by atoms with van der Waals surface area (Å²) in [6.45, 7) is 13.6. The van der Waals surface area contributed by atoms with E-state index in [0.29, 0.717) is 0 Å². The van der Waals surface area contributed by atoms with E-state index in [4.69, 9.17) is 4.74 Å². The van der Waals surface area contributed by atoms with Crippen molar-refractivity contribution in [2.24, 2.45) is 5.92 Å². The normalized spacial score (nSPS) is 12.5. The molecule has 13 heavy (non-hydrogen) atoms. The lowest BCUT2D eigenvalue weighted by atomic mass is 10.1. The van der Waals surface area contributed by atoms with Crippen molar-refractivity contribution in [2.45, 2.75) is 46.6 Å². The van der Waals surface area contributed by atoms with Crippen LogP contribution >= 0.6 is 0 Å². The first kappa shape index (κ1) is 12.9. The predicted octanol–water partition coefficient (Wildman–Crippen LogP) is 2.44. The molecule has 0 aliphatic rings. The third-order valence-corrected chi connectivity index (χ3v) is 1.71. The van der Waals surface area contributed by atoms with Gasteiger partial charge in [0.2, 0.25) is 0 Å². The fourth-order valence-corrected chi connectivity index (χ4v) is 0.945. The van der Waals surface area contributed by atoms with Crippen LogP contribution in [0.4, 0.5) is 0 Å². The van der Waals surface area contributed by atoms with Crippen LogP contribution in [-0.2, 0) is 4.74 Å². The molecule has 0 bridgehead atoms. The zero-order valence-electron chi connectivity index (χ0n) is 9.81. The zero-order chi connectivity index (χ0) is 10.3. The summed E-state index contributed by atoms with van der Waals surface area (Å²) in [5.41, 5.74) is -0.000270. The average Bonchev–Trinajstić information content (AvgIpc) is 1.93. The largest absolute Gasteiger partial charge is 0.375 e. The maximum atomic E-state index is 5.57. The van der Waals surface area contributed by atoms with Gasteiger partial charge in [0, 0.05) is 6.54 Å². The van der Waals surface area contributed by atoms with E-state index in [1.807, 2.05) is 0 Å². The molecule has 0 fully saturated rings. The molecule has 1 N–H and O–H groups in total. The maximum Gasteiger partial charge on any atom is 0.0599 e. The van der Waals surface area contributed by atoms with Crippen LogP contribution in [0.25, 0.3) is 0 Å². The Morgan fingerprint density at radius 2 is 1.77 bits per heavy atom.